The summed E-state index contributed by atoms with van der Waals surface area (Å²) in [5.74, 6) is -2.12. The molecule has 210 valence electrons. The molecule has 1 aromatic rings. The molecule has 0 radical (unpaired) electrons. The van der Waals surface area contributed by atoms with Crippen LogP contribution in [0.15, 0.2) is 82.2 Å². The van der Waals surface area contributed by atoms with Gasteiger partial charge in [-0.05, 0) is 73.1 Å². The number of rotatable bonds is 5. The van der Waals surface area contributed by atoms with Gasteiger partial charge in [-0.25, -0.2) is 4.39 Å². The molecule has 0 bridgehead atoms. The lowest BCUT2D eigenvalue weighted by atomic mass is 9.92. The van der Waals surface area contributed by atoms with E-state index in [4.69, 9.17) is 5.73 Å². The van der Waals surface area contributed by atoms with Gasteiger partial charge in [-0.2, -0.15) is 26.3 Å². The van der Waals surface area contributed by atoms with Gasteiger partial charge in [0.05, 0.1) is 11.1 Å². The first-order valence-electron chi connectivity index (χ1n) is 12.5. The molecule has 1 aliphatic heterocycles. The maximum atomic E-state index is 14.2. The number of benzene rings is 1. The Morgan fingerprint density at radius 1 is 1.08 bits per heavy atom. The maximum Gasteiger partial charge on any atom is 0.416 e. The summed E-state index contributed by atoms with van der Waals surface area (Å²) in [7, 11) is 0. The van der Waals surface area contributed by atoms with E-state index in [1.165, 1.54) is 12.2 Å². The summed E-state index contributed by atoms with van der Waals surface area (Å²) in [5.41, 5.74) is 4.08. The first kappa shape index (κ1) is 30.1. The van der Waals surface area contributed by atoms with E-state index in [-0.39, 0.29) is 41.8 Å². The van der Waals surface area contributed by atoms with E-state index >= 15 is 0 Å². The van der Waals surface area contributed by atoms with Crippen molar-refractivity contribution < 1.29 is 35.5 Å². The summed E-state index contributed by atoms with van der Waals surface area (Å²) in [6.45, 7) is 3.65. The molecule has 0 saturated heterocycles. The van der Waals surface area contributed by atoms with Crippen LogP contribution in [0.4, 0.5) is 30.7 Å². The standard InChI is InChI=1S/C29H29F7N2O/c1-3-18-7-8-24(30)15-20(11-18)25(27(37)39)12-19-6-4-5-17(2)26(38-10-9-19)21-13-22(28(31,32)33)16-23(14-21)29(34,35)36/h4,6,8,11-17,19H,3,5,7,9-10H2,1-2H3,(H2,37,39). The minimum Gasteiger partial charge on any atom is -0.366 e. The number of allylic oxidation sites excluding steroid dienone is 8. The van der Waals surface area contributed by atoms with Crippen molar-refractivity contribution in [2.45, 2.75) is 51.9 Å². The third-order valence-corrected chi connectivity index (χ3v) is 6.59. The largest absolute Gasteiger partial charge is 0.416 e. The normalized spacial score (nSPS) is 21.5. The molecular formula is C29H29F7N2O. The molecule has 2 aliphatic rings. The van der Waals surface area contributed by atoms with Crippen molar-refractivity contribution in [1.29, 1.82) is 0 Å². The zero-order chi connectivity index (χ0) is 29.0. The highest BCUT2D eigenvalue weighted by atomic mass is 19.4. The lowest BCUT2D eigenvalue weighted by Gasteiger charge is -2.18. The molecule has 1 heterocycles. The number of alkyl halides is 6. The van der Waals surface area contributed by atoms with Gasteiger partial charge in [-0.15, -0.1) is 0 Å². The molecule has 0 spiro atoms. The highest BCUT2D eigenvalue weighted by Gasteiger charge is 2.37. The van der Waals surface area contributed by atoms with Crippen LogP contribution in [0.25, 0.3) is 0 Å². The van der Waals surface area contributed by atoms with Crippen LogP contribution >= 0.6 is 0 Å². The van der Waals surface area contributed by atoms with E-state index in [0.717, 1.165) is 5.57 Å². The lowest BCUT2D eigenvalue weighted by Crippen LogP contribution is -2.18. The number of hydrogen-bond donors (Lipinski definition) is 1. The van der Waals surface area contributed by atoms with Gasteiger partial charge < -0.3 is 5.73 Å². The number of amides is 1. The van der Waals surface area contributed by atoms with Crippen LogP contribution in [0, 0.1) is 11.8 Å². The Labute approximate surface area is 222 Å². The molecule has 0 aromatic heterocycles. The predicted molar refractivity (Wildman–Crippen MR) is 136 cm³/mol. The Bertz CT molecular complexity index is 1250. The fourth-order valence-electron chi connectivity index (χ4n) is 4.47. The van der Waals surface area contributed by atoms with Gasteiger partial charge in [0.1, 0.15) is 5.83 Å². The van der Waals surface area contributed by atoms with E-state index in [9.17, 15) is 35.5 Å². The number of nitrogens with zero attached hydrogens (tertiary/aromatic N) is 1. The number of carbonyl (C=O) groups is 1. The summed E-state index contributed by atoms with van der Waals surface area (Å²) >= 11 is 0. The molecule has 1 aliphatic carbocycles. The second kappa shape index (κ2) is 12.2. The zero-order valence-electron chi connectivity index (χ0n) is 21.5. The number of halogens is 7. The van der Waals surface area contributed by atoms with Crippen LogP contribution in [0.2, 0.25) is 0 Å². The Kier molecular flexibility index (Phi) is 9.40. The SMILES string of the molecule is CCC1=CC(C(=CC2C=CCC(C)C(c3cc(C(F)(F)F)cc(C(F)(F)F)c3)=NCC2)C(N)=O)=CC(F)=CC1. The molecule has 2 N–H and O–H groups in total. The molecule has 2 atom stereocenters. The average molecular weight is 555 g/mol. The molecule has 39 heavy (non-hydrogen) atoms. The van der Waals surface area contributed by atoms with Crippen molar-refractivity contribution in [3.05, 3.63) is 93.9 Å². The van der Waals surface area contributed by atoms with Crippen LogP contribution in [0.3, 0.4) is 0 Å². The molecular weight excluding hydrogens is 525 g/mol. The molecule has 0 fully saturated rings. The average Bonchev–Trinajstić information content (AvgIpc) is 2.97. The Morgan fingerprint density at radius 2 is 1.72 bits per heavy atom. The van der Waals surface area contributed by atoms with Gasteiger partial charge in [-0.3, -0.25) is 9.79 Å². The van der Waals surface area contributed by atoms with E-state index < -0.39 is 41.1 Å². The molecule has 0 saturated carbocycles. The summed E-state index contributed by atoms with van der Waals surface area (Å²) in [6.07, 6.45) is 1.22. The van der Waals surface area contributed by atoms with Crippen LogP contribution in [0.5, 0.6) is 0 Å². The third kappa shape index (κ3) is 8.03. The summed E-state index contributed by atoms with van der Waals surface area (Å²) in [4.78, 5) is 16.7. The molecule has 3 rings (SSSR count). The Balaban J connectivity index is 1.98. The van der Waals surface area contributed by atoms with E-state index in [0.29, 0.717) is 37.0 Å². The predicted octanol–water partition coefficient (Wildman–Crippen LogP) is 8.05. The highest BCUT2D eigenvalue weighted by molar-refractivity contribution is 6.02. The smallest absolute Gasteiger partial charge is 0.366 e. The van der Waals surface area contributed by atoms with Gasteiger partial charge in [0.25, 0.3) is 0 Å². The second-order valence-corrected chi connectivity index (χ2v) is 9.57. The fourth-order valence-corrected chi connectivity index (χ4v) is 4.47. The summed E-state index contributed by atoms with van der Waals surface area (Å²) < 4.78 is 94.6. The van der Waals surface area contributed by atoms with Crippen LogP contribution < -0.4 is 5.73 Å². The number of primary amides is 1. The maximum absolute atomic E-state index is 14.2. The minimum absolute atomic E-state index is 0.0676. The first-order valence-corrected chi connectivity index (χ1v) is 12.5. The van der Waals surface area contributed by atoms with Crippen LogP contribution in [-0.4, -0.2) is 18.2 Å². The fraction of sp³-hybridized carbons (Fsp3) is 0.379. The molecule has 2 unspecified atom stereocenters. The van der Waals surface area contributed by atoms with Crippen molar-refractivity contribution in [3.8, 4) is 0 Å². The number of hydrogen-bond acceptors (Lipinski definition) is 2. The van der Waals surface area contributed by atoms with E-state index in [2.05, 4.69) is 4.99 Å². The quantitative estimate of drug-likeness (QED) is 0.224. The van der Waals surface area contributed by atoms with Gasteiger partial charge in [0.2, 0.25) is 5.91 Å². The highest BCUT2D eigenvalue weighted by Crippen LogP contribution is 2.37. The lowest BCUT2D eigenvalue weighted by molar-refractivity contribution is -0.143. The van der Waals surface area contributed by atoms with Crippen molar-refractivity contribution in [2.75, 3.05) is 6.54 Å². The molecule has 3 nitrogen and oxygen atoms in total. The van der Waals surface area contributed by atoms with Gasteiger partial charge in [0, 0.05) is 23.7 Å². The summed E-state index contributed by atoms with van der Waals surface area (Å²) in [5, 5.41) is 0. The molecule has 1 aromatic carbocycles. The monoisotopic (exact) mass is 554 g/mol. The number of aliphatic imine (C=N–C) groups is 1. The van der Waals surface area contributed by atoms with Crippen molar-refractivity contribution in [2.24, 2.45) is 22.6 Å². The Morgan fingerprint density at radius 3 is 2.28 bits per heavy atom. The summed E-state index contributed by atoms with van der Waals surface area (Å²) in [6, 6.07) is 1.47. The van der Waals surface area contributed by atoms with Crippen molar-refractivity contribution in [1.82, 2.24) is 0 Å². The third-order valence-electron chi connectivity index (χ3n) is 6.59. The van der Waals surface area contributed by atoms with Gasteiger partial charge in [0.15, 0.2) is 0 Å². The van der Waals surface area contributed by atoms with Crippen molar-refractivity contribution >= 4 is 11.6 Å². The Hall–Kier alpha value is -3.43. The van der Waals surface area contributed by atoms with Gasteiger partial charge in [-0.1, -0.05) is 43.7 Å². The van der Waals surface area contributed by atoms with E-state index in [1.54, 1.807) is 31.2 Å². The minimum atomic E-state index is -4.97. The molecule has 10 heteroatoms. The van der Waals surface area contributed by atoms with E-state index in [1.807, 2.05) is 6.92 Å². The number of nitrogens with two attached hydrogens (primary N) is 1. The number of carbonyl (C=O) groups excluding carboxylic acids is 1. The zero-order valence-corrected chi connectivity index (χ0v) is 21.5. The van der Waals surface area contributed by atoms with Crippen LogP contribution in [0.1, 0.15) is 56.2 Å². The van der Waals surface area contributed by atoms with Gasteiger partial charge >= 0.3 is 12.4 Å². The topological polar surface area (TPSA) is 55.4 Å². The second-order valence-electron chi connectivity index (χ2n) is 9.57. The van der Waals surface area contributed by atoms with Crippen LogP contribution in [-0.2, 0) is 17.1 Å². The first-order chi connectivity index (χ1) is 18.2. The molecule has 1 amide bonds. The van der Waals surface area contributed by atoms with Crippen molar-refractivity contribution in [3.63, 3.8) is 0 Å².